The molecule has 0 atom stereocenters. The summed E-state index contributed by atoms with van der Waals surface area (Å²) >= 11 is 6.24. The molecule has 1 N–H and O–H groups in total. The van der Waals surface area contributed by atoms with E-state index in [-0.39, 0.29) is 5.91 Å². The van der Waals surface area contributed by atoms with Crippen molar-refractivity contribution in [3.63, 3.8) is 0 Å². The maximum atomic E-state index is 12.8. The largest absolute Gasteiger partial charge is 0.497 e. The molecule has 25 heavy (non-hydrogen) atoms. The van der Waals surface area contributed by atoms with Crippen LogP contribution in [0.4, 0.5) is 5.69 Å². The quantitative estimate of drug-likeness (QED) is 0.724. The molecule has 3 aromatic rings. The lowest BCUT2D eigenvalue weighted by atomic mass is 10.1. The van der Waals surface area contributed by atoms with E-state index in [2.05, 4.69) is 10.5 Å². The highest BCUT2D eigenvalue weighted by Crippen LogP contribution is 2.32. The molecule has 0 fully saturated rings. The van der Waals surface area contributed by atoms with Crippen LogP contribution in [0.15, 0.2) is 47.0 Å². The number of carbonyl (C=O) groups excluding carboxylic acids is 1. The molecule has 1 heterocycles. The van der Waals surface area contributed by atoms with E-state index in [4.69, 9.17) is 20.9 Å². The zero-order valence-electron chi connectivity index (χ0n) is 14.1. The minimum Gasteiger partial charge on any atom is -0.497 e. The van der Waals surface area contributed by atoms with Crippen molar-refractivity contribution in [3.05, 3.63) is 64.4 Å². The number of hydrogen-bond acceptors (Lipinski definition) is 4. The van der Waals surface area contributed by atoms with Crippen molar-refractivity contribution in [3.8, 4) is 17.0 Å². The third kappa shape index (κ3) is 3.37. The summed E-state index contributed by atoms with van der Waals surface area (Å²) in [6.45, 7) is 3.59. The molecule has 0 unspecified atom stereocenters. The number of ether oxygens (including phenoxy) is 1. The van der Waals surface area contributed by atoms with E-state index in [1.807, 2.05) is 25.1 Å². The van der Waals surface area contributed by atoms with Crippen LogP contribution in [-0.2, 0) is 0 Å². The molecule has 0 aliphatic heterocycles. The number of hydrogen-bond donors (Lipinski definition) is 1. The van der Waals surface area contributed by atoms with Gasteiger partial charge in [0.25, 0.3) is 5.91 Å². The SMILES string of the molecule is COc1ccc(NC(=O)c2c(-c3ccccc3Cl)noc2C)c(C)c1. The first-order valence-corrected chi connectivity index (χ1v) is 8.06. The smallest absolute Gasteiger partial charge is 0.261 e. The molecular formula is C19H17ClN2O3. The van der Waals surface area contributed by atoms with Gasteiger partial charge in [0.15, 0.2) is 0 Å². The number of halogens is 1. The van der Waals surface area contributed by atoms with E-state index < -0.39 is 0 Å². The monoisotopic (exact) mass is 356 g/mol. The lowest BCUT2D eigenvalue weighted by Gasteiger charge is -2.10. The summed E-state index contributed by atoms with van der Waals surface area (Å²) in [6.07, 6.45) is 0. The Morgan fingerprint density at radius 2 is 1.96 bits per heavy atom. The summed E-state index contributed by atoms with van der Waals surface area (Å²) in [5, 5.41) is 7.42. The normalized spacial score (nSPS) is 10.6. The number of aryl methyl sites for hydroxylation is 2. The first-order valence-electron chi connectivity index (χ1n) is 7.68. The van der Waals surface area contributed by atoms with Crippen molar-refractivity contribution in [1.29, 1.82) is 0 Å². The summed E-state index contributed by atoms with van der Waals surface area (Å²) in [5.41, 5.74) is 3.02. The average Bonchev–Trinajstić information content (AvgIpc) is 2.98. The van der Waals surface area contributed by atoms with Crippen LogP contribution in [0.5, 0.6) is 5.75 Å². The third-order valence-electron chi connectivity index (χ3n) is 3.90. The van der Waals surface area contributed by atoms with E-state index in [0.717, 1.165) is 11.3 Å². The Bertz CT molecular complexity index is 934. The van der Waals surface area contributed by atoms with Crippen LogP contribution < -0.4 is 10.1 Å². The van der Waals surface area contributed by atoms with Crippen LogP contribution in [0.25, 0.3) is 11.3 Å². The molecule has 0 aliphatic carbocycles. The Balaban J connectivity index is 1.96. The van der Waals surface area contributed by atoms with Crippen LogP contribution in [-0.4, -0.2) is 18.2 Å². The molecule has 0 aliphatic rings. The van der Waals surface area contributed by atoms with Crippen molar-refractivity contribution >= 4 is 23.2 Å². The number of amides is 1. The Kier molecular flexibility index (Phi) is 4.76. The van der Waals surface area contributed by atoms with Gasteiger partial charge in [-0.2, -0.15) is 0 Å². The van der Waals surface area contributed by atoms with Crippen molar-refractivity contribution < 1.29 is 14.1 Å². The molecule has 5 nitrogen and oxygen atoms in total. The topological polar surface area (TPSA) is 64.4 Å². The van der Waals surface area contributed by atoms with E-state index in [1.54, 1.807) is 38.3 Å². The average molecular weight is 357 g/mol. The summed E-state index contributed by atoms with van der Waals surface area (Å²) in [4.78, 5) is 12.8. The van der Waals surface area contributed by atoms with Gasteiger partial charge in [0, 0.05) is 11.3 Å². The Morgan fingerprint density at radius 3 is 2.64 bits per heavy atom. The fourth-order valence-corrected chi connectivity index (χ4v) is 2.79. The standard InChI is InChI=1S/C19H17ClN2O3/c1-11-10-13(24-3)8-9-16(11)21-19(23)17-12(2)25-22-18(17)14-6-4-5-7-15(14)20/h4-10H,1-3H3,(H,21,23). The van der Waals surface area contributed by atoms with Crippen LogP contribution in [0.3, 0.4) is 0 Å². The number of benzene rings is 2. The number of anilines is 1. The second-order valence-electron chi connectivity index (χ2n) is 5.58. The van der Waals surface area contributed by atoms with Crippen molar-refractivity contribution in [2.24, 2.45) is 0 Å². The van der Waals surface area contributed by atoms with Gasteiger partial charge in [-0.25, -0.2) is 0 Å². The number of nitrogens with one attached hydrogen (secondary N) is 1. The van der Waals surface area contributed by atoms with Crippen LogP contribution in [0.2, 0.25) is 5.02 Å². The third-order valence-corrected chi connectivity index (χ3v) is 4.23. The summed E-state index contributed by atoms with van der Waals surface area (Å²) in [6, 6.07) is 12.6. The maximum absolute atomic E-state index is 12.8. The van der Waals surface area contributed by atoms with E-state index >= 15 is 0 Å². The zero-order valence-corrected chi connectivity index (χ0v) is 14.8. The van der Waals surface area contributed by atoms with Crippen LogP contribution >= 0.6 is 11.6 Å². The molecule has 0 bridgehead atoms. The van der Waals surface area contributed by atoms with Crippen LogP contribution in [0.1, 0.15) is 21.7 Å². The van der Waals surface area contributed by atoms with Crippen LogP contribution in [0, 0.1) is 13.8 Å². The van der Waals surface area contributed by atoms with E-state index in [0.29, 0.717) is 33.3 Å². The second-order valence-corrected chi connectivity index (χ2v) is 5.98. The van der Waals surface area contributed by atoms with Gasteiger partial charge in [0.1, 0.15) is 22.8 Å². The molecule has 3 rings (SSSR count). The van der Waals surface area contributed by atoms with Gasteiger partial charge in [-0.3, -0.25) is 4.79 Å². The fraction of sp³-hybridized carbons (Fsp3) is 0.158. The molecule has 0 saturated carbocycles. The van der Waals surface area contributed by atoms with Gasteiger partial charge in [-0.1, -0.05) is 35.0 Å². The maximum Gasteiger partial charge on any atom is 0.261 e. The summed E-state index contributed by atoms with van der Waals surface area (Å²) in [7, 11) is 1.60. The number of aromatic nitrogens is 1. The molecule has 6 heteroatoms. The minimum atomic E-state index is -0.304. The highest BCUT2D eigenvalue weighted by atomic mass is 35.5. The molecule has 0 spiro atoms. The van der Waals surface area contributed by atoms with Gasteiger partial charge in [0.05, 0.1) is 12.1 Å². The molecule has 1 aromatic heterocycles. The first kappa shape index (κ1) is 17.0. The van der Waals surface area contributed by atoms with Gasteiger partial charge in [-0.15, -0.1) is 0 Å². The predicted octanol–water partition coefficient (Wildman–Crippen LogP) is 4.87. The Morgan fingerprint density at radius 1 is 1.20 bits per heavy atom. The highest BCUT2D eigenvalue weighted by molar-refractivity contribution is 6.33. The fourth-order valence-electron chi connectivity index (χ4n) is 2.56. The van der Waals surface area contributed by atoms with Crippen molar-refractivity contribution in [2.75, 3.05) is 12.4 Å². The summed E-state index contributed by atoms with van der Waals surface area (Å²) < 4.78 is 10.4. The van der Waals surface area contributed by atoms with Crippen molar-refractivity contribution in [1.82, 2.24) is 5.16 Å². The molecule has 1 amide bonds. The predicted molar refractivity (Wildman–Crippen MR) is 97.4 cm³/mol. The second kappa shape index (κ2) is 6.99. The lowest BCUT2D eigenvalue weighted by Crippen LogP contribution is -2.14. The Labute approximate surface area is 150 Å². The number of nitrogens with zero attached hydrogens (tertiary/aromatic N) is 1. The minimum absolute atomic E-state index is 0.304. The zero-order chi connectivity index (χ0) is 18.0. The summed E-state index contributed by atoms with van der Waals surface area (Å²) in [5.74, 6) is 0.855. The highest BCUT2D eigenvalue weighted by Gasteiger charge is 2.23. The van der Waals surface area contributed by atoms with Gasteiger partial charge < -0.3 is 14.6 Å². The first-order chi connectivity index (χ1) is 12.0. The number of methoxy groups -OCH3 is 1. The molecular weight excluding hydrogens is 340 g/mol. The van der Waals surface area contributed by atoms with Gasteiger partial charge in [0.2, 0.25) is 0 Å². The van der Waals surface area contributed by atoms with Gasteiger partial charge in [-0.05, 0) is 43.7 Å². The number of carbonyl (C=O) groups is 1. The molecule has 0 saturated heterocycles. The van der Waals surface area contributed by atoms with Gasteiger partial charge >= 0.3 is 0 Å². The van der Waals surface area contributed by atoms with Crippen molar-refractivity contribution in [2.45, 2.75) is 13.8 Å². The molecule has 128 valence electrons. The Hall–Kier alpha value is -2.79. The van der Waals surface area contributed by atoms with E-state index in [1.165, 1.54) is 0 Å². The lowest BCUT2D eigenvalue weighted by molar-refractivity contribution is 0.102. The van der Waals surface area contributed by atoms with E-state index in [9.17, 15) is 4.79 Å². The number of rotatable bonds is 4. The molecule has 0 radical (unpaired) electrons. The molecule has 2 aromatic carbocycles.